The molecule has 1 aromatic rings. The first-order valence-corrected chi connectivity index (χ1v) is 8.16. The Morgan fingerprint density at radius 3 is 2.47 bits per heavy atom. The average molecular weight is 277 g/mol. The second-order valence-electron chi connectivity index (χ2n) is 4.00. The highest BCUT2D eigenvalue weighted by Crippen LogP contribution is 2.00. The highest BCUT2D eigenvalue weighted by atomic mass is 28.2. The molecule has 19 heavy (non-hydrogen) atoms. The van der Waals surface area contributed by atoms with E-state index in [-0.39, 0.29) is 5.91 Å². The molecule has 0 heterocycles. The van der Waals surface area contributed by atoms with Gasteiger partial charge in [0.15, 0.2) is 0 Å². The van der Waals surface area contributed by atoms with Gasteiger partial charge in [0.1, 0.15) is 15.4 Å². The number of hydrogen-bond acceptors (Lipinski definition) is 3. The summed E-state index contributed by atoms with van der Waals surface area (Å²) < 4.78 is 11.0. The van der Waals surface area contributed by atoms with Crippen LogP contribution in [0.4, 0.5) is 0 Å². The molecule has 0 aromatic heterocycles. The van der Waals surface area contributed by atoms with E-state index in [1.54, 1.807) is 0 Å². The molecule has 3 nitrogen and oxygen atoms in total. The topological polar surface area (TPSA) is 30.8 Å². The van der Waals surface area contributed by atoms with Crippen LogP contribution in [-0.2, 0) is 9.47 Å². The van der Waals surface area contributed by atoms with Crippen LogP contribution in [0.1, 0.15) is 25.8 Å². The summed E-state index contributed by atoms with van der Waals surface area (Å²) in [6.07, 6.45) is 3.02. The molecule has 1 rings (SSSR count). The maximum Gasteiger partial charge on any atom is 0.137 e. The van der Waals surface area contributed by atoms with Crippen LogP contribution in [0.15, 0.2) is 35.3 Å². The molecule has 0 saturated carbocycles. The second-order valence-corrected chi connectivity index (χ2v) is 5.38. The SMILES string of the molecule is CCOC(OCC)[Si]CCCN=Cc1ccccc1. The van der Waals surface area contributed by atoms with Gasteiger partial charge in [-0.25, -0.2) is 0 Å². The first kappa shape index (κ1) is 16.1. The van der Waals surface area contributed by atoms with Crippen molar-refractivity contribution in [3.8, 4) is 0 Å². The molecule has 1 aromatic carbocycles. The van der Waals surface area contributed by atoms with Crippen LogP contribution in [-0.4, -0.2) is 41.4 Å². The van der Waals surface area contributed by atoms with E-state index in [1.165, 1.54) is 0 Å². The summed E-state index contributed by atoms with van der Waals surface area (Å²) >= 11 is 0. The fraction of sp³-hybridized carbons (Fsp3) is 0.533. The number of ether oxygens (including phenoxy) is 2. The van der Waals surface area contributed by atoms with Gasteiger partial charge >= 0.3 is 0 Å². The van der Waals surface area contributed by atoms with Gasteiger partial charge in [0.25, 0.3) is 0 Å². The number of aliphatic imine (C=N–C) groups is 1. The van der Waals surface area contributed by atoms with Gasteiger partial charge in [-0.1, -0.05) is 36.4 Å². The maximum absolute atomic E-state index is 5.51. The van der Waals surface area contributed by atoms with E-state index >= 15 is 0 Å². The zero-order valence-corrected chi connectivity index (χ0v) is 12.8. The summed E-state index contributed by atoms with van der Waals surface area (Å²) in [6, 6.07) is 11.3. The van der Waals surface area contributed by atoms with E-state index in [2.05, 4.69) is 17.1 Å². The van der Waals surface area contributed by atoms with Crippen LogP contribution in [0.2, 0.25) is 6.04 Å². The number of nitrogens with zero attached hydrogens (tertiary/aromatic N) is 1. The van der Waals surface area contributed by atoms with Crippen LogP contribution in [0, 0.1) is 0 Å². The first-order chi connectivity index (χ1) is 9.36. The minimum absolute atomic E-state index is 0.0203. The fourth-order valence-corrected chi connectivity index (χ4v) is 2.74. The molecule has 0 unspecified atom stereocenters. The monoisotopic (exact) mass is 277 g/mol. The largest absolute Gasteiger partial charge is 0.357 e. The molecule has 0 bridgehead atoms. The summed E-state index contributed by atoms with van der Waals surface area (Å²) in [5, 5.41) is 0. The first-order valence-electron chi connectivity index (χ1n) is 6.88. The molecule has 0 aliphatic rings. The Bertz CT molecular complexity index is 337. The van der Waals surface area contributed by atoms with Crippen LogP contribution in [0.5, 0.6) is 0 Å². The predicted octanol–water partition coefficient (Wildman–Crippen LogP) is 2.97. The van der Waals surface area contributed by atoms with E-state index < -0.39 is 0 Å². The van der Waals surface area contributed by atoms with Gasteiger partial charge < -0.3 is 9.47 Å². The molecule has 2 radical (unpaired) electrons. The van der Waals surface area contributed by atoms with Gasteiger partial charge in [0.2, 0.25) is 0 Å². The molecule has 0 aliphatic carbocycles. The van der Waals surface area contributed by atoms with Crippen molar-refractivity contribution >= 4 is 15.7 Å². The van der Waals surface area contributed by atoms with Crippen molar-refractivity contribution in [2.24, 2.45) is 4.99 Å². The highest BCUT2D eigenvalue weighted by molar-refractivity contribution is 6.36. The molecular formula is C15H23NO2Si. The normalized spacial score (nSPS) is 11.5. The third kappa shape index (κ3) is 7.92. The minimum atomic E-state index is -0.0203. The third-order valence-corrected chi connectivity index (χ3v) is 3.76. The number of hydrogen-bond donors (Lipinski definition) is 0. The van der Waals surface area contributed by atoms with E-state index in [4.69, 9.17) is 9.47 Å². The maximum atomic E-state index is 5.51. The smallest absolute Gasteiger partial charge is 0.137 e. The Labute approximate surface area is 118 Å². The van der Waals surface area contributed by atoms with E-state index in [0.717, 1.165) is 24.6 Å². The van der Waals surface area contributed by atoms with Gasteiger partial charge in [-0.15, -0.1) is 0 Å². The minimum Gasteiger partial charge on any atom is -0.357 e. The number of benzene rings is 1. The standard InChI is InChI=1S/C15H23NO2Si/c1-3-17-15(18-4-2)19-12-8-11-16-13-14-9-6-5-7-10-14/h5-7,9-10,13,15H,3-4,8,11-12H2,1-2H3. The third-order valence-electron chi connectivity index (χ3n) is 2.45. The Morgan fingerprint density at radius 1 is 1.16 bits per heavy atom. The lowest BCUT2D eigenvalue weighted by atomic mass is 10.2. The van der Waals surface area contributed by atoms with Gasteiger partial charge in [-0.3, -0.25) is 4.99 Å². The lowest BCUT2D eigenvalue weighted by Crippen LogP contribution is -2.24. The van der Waals surface area contributed by atoms with E-state index in [1.807, 2.05) is 38.3 Å². The van der Waals surface area contributed by atoms with E-state index in [9.17, 15) is 0 Å². The second kappa shape index (κ2) is 10.9. The summed E-state index contributed by atoms with van der Waals surface area (Å²) in [5.74, 6) is -0.0203. The summed E-state index contributed by atoms with van der Waals surface area (Å²) in [4.78, 5) is 4.43. The summed E-state index contributed by atoms with van der Waals surface area (Å²) in [5.41, 5.74) is 1.16. The van der Waals surface area contributed by atoms with Crippen molar-refractivity contribution in [2.75, 3.05) is 19.8 Å². The van der Waals surface area contributed by atoms with Gasteiger partial charge in [-0.05, 0) is 25.8 Å². The van der Waals surface area contributed by atoms with Crippen molar-refractivity contribution in [1.82, 2.24) is 0 Å². The van der Waals surface area contributed by atoms with Crippen molar-refractivity contribution < 1.29 is 9.47 Å². The zero-order chi connectivity index (χ0) is 13.8. The Morgan fingerprint density at radius 2 is 1.84 bits per heavy atom. The molecular weight excluding hydrogens is 254 g/mol. The Hall–Kier alpha value is -0.973. The van der Waals surface area contributed by atoms with Gasteiger partial charge in [0.05, 0.1) is 0 Å². The molecule has 4 heteroatoms. The average Bonchev–Trinajstić information content (AvgIpc) is 2.44. The van der Waals surface area contributed by atoms with Gasteiger partial charge in [-0.2, -0.15) is 0 Å². The van der Waals surface area contributed by atoms with Gasteiger partial charge in [0, 0.05) is 26.0 Å². The molecule has 0 aliphatic heterocycles. The van der Waals surface area contributed by atoms with E-state index in [0.29, 0.717) is 22.7 Å². The molecule has 0 amide bonds. The Kier molecular flexibility index (Phi) is 9.23. The number of rotatable bonds is 10. The van der Waals surface area contributed by atoms with Crippen LogP contribution < -0.4 is 0 Å². The molecule has 104 valence electrons. The van der Waals surface area contributed by atoms with Crippen molar-refractivity contribution in [2.45, 2.75) is 32.2 Å². The fourth-order valence-electron chi connectivity index (χ4n) is 1.57. The quantitative estimate of drug-likeness (QED) is 0.285. The van der Waals surface area contributed by atoms with Crippen LogP contribution >= 0.6 is 0 Å². The van der Waals surface area contributed by atoms with Crippen LogP contribution in [0.3, 0.4) is 0 Å². The molecule has 0 N–H and O–H groups in total. The van der Waals surface area contributed by atoms with Crippen molar-refractivity contribution in [3.05, 3.63) is 35.9 Å². The molecule has 0 atom stereocenters. The van der Waals surface area contributed by atoms with Crippen molar-refractivity contribution in [3.63, 3.8) is 0 Å². The van der Waals surface area contributed by atoms with Crippen molar-refractivity contribution in [1.29, 1.82) is 0 Å². The summed E-state index contributed by atoms with van der Waals surface area (Å²) in [7, 11) is 0.696. The molecule has 0 saturated heterocycles. The predicted molar refractivity (Wildman–Crippen MR) is 81.1 cm³/mol. The Balaban J connectivity index is 2.11. The zero-order valence-electron chi connectivity index (χ0n) is 11.8. The lowest BCUT2D eigenvalue weighted by molar-refractivity contribution is -0.0827. The van der Waals surface area contributed by atoms with Crippen LogP contribution in [0.25, 0.3) is 0 Å². The molecule has 0 fully saturated rings. The summed E-state index contributed by atoms with van der Waals surface area (Å²) in [6.45, 7) is 6.29. The lowest BCUT2D eigenvalue weighted by Gasteiger charge is -2.15. The molecule has 0 spiro atoms. The highest BCUT2D eigenvalue weighted by Gasteiger charge is 2.07.